The van der Waals surface area contributed by atoms with Crippen LogP contribution in [0.3, 0.4) is 0 Å². The van der Waals surface area contributed by atoms with Crippen LogP contribution in [-0.4, -0.2) is 55.2 Å². The number of aromatic nitrogens is 2. The van der Waals surface area contributed by atoms with Crippen molar-refractivity contribution in [1.29, 1.82) is 0 Å². The lowest BCUT2D eigenvalue weighted by Crippen LogP contribution is -2.47. The van der Waals surface area contributed by atoms with Crippen LogP contribution in [0, 0.1) is 10.1 Å². The van der Waals surface area contributed by atoms with Crippen LogP contribution < -0.4 is 14.7 Å². The Hall–Kier alpha value is -2.90. The number of anilines is 3. The molecule has 0 radical (unpaired) electrons. The summed E-state index contributed by atoms with van der Waals surface area (Å²) in [4.78, 5) is 25.6. The highest BCUT2D eigenvalue weighted by Crippen LogP contribution is 2.22. The maximum absolute atomic E-state index is 10.7. The second-order valence-electron chi connectivity index (χ2n) is 5.86. The van der Waals surface area contributed by atoms with Gasteiger partial charge >= 0.3 is 0 Å². The first-order valence-electron chi connectivity index (χ1n) is 7.79. The largest absolute Gasteiger partial charge is 0.368 e. The summed E-state index contributed by atoms with van der Waals surface area (Å²) in [7, 11) is 3.91. The summed E-state index contributed by atoms with van der Waals surface area (Å²) in [6, 6.07) is 8.58. The summed E-state index contributed by atoms with van der Waals surface area (Å²) in [5.74, 6) is 1.63. The van der Waals surface area contributed by atoms with Crippen LogP contribution in [0.4, 0.5) is 23.1 Å². The van der Waals surface area contributed by atoms with Crippen molar-refractivity contribution in [2.24, 2.45) is 0 Å². The molecule has 0 bridgehead atoms. The molecule has 1 aliphatic rings. The van der Waals surface area contributed by atoms with Gasteiger partial charge in [0.15, 0.2) is 0 Å². The summed E-state index contributed by atoms with van der Waals surface area (Å²) in [5, 5.41) is 10.7. The van der Waals surface area contributed by atoms with Gasteiger partial charge in [0, 0.05) is 64.3 Å². The molecule has 2 aromatic rings. The third-order valence-corrected chi connectivity index (χ3v) is 4.07. The van der Waals surface area contributed by atoms with Gasteiger partial charge in [0.25, 0.3) is 5.69 Å². The van der Waals surface area contributed by atoms with Gasteiger partial charge in [0.2, 0.25) is 5.95 Å². The van der Waals surface area contributed by atoms with E-state index in [-0.39, 0.29) is 10.6 Å². The molecule has 1 aromatic heterocycles. The summed E-state index contributed by atoms with van der Waals surface area (Å²) >= 11 is 0. The predicted octanol–water partition coefficient (Wildman–Crippen LogP) is 1.78. The predicted molar refractivity (Wildman–Crippen MR) is 93.9 cm³/mol. The molecule has 0 N–H and O–H groups in total. The molecule has 1 aromatic carbocycles. The van der Waals surface area contributed by atoms with Crippen molar-refractivity contribution < 1.29 is 4.92 Å². The number of rotatable bonds is 4. The Labute approximate surface area is 140 Å². The van der Waals surface area contributed by atoms with E-state index >= 15 is 0 Å². The number of hydrogen-bond acceptors (Lipinski definition) is 7. The number of non-ortho nitro benzene ring substituents is 1. The van der Waals surface area contributed by atoms with Crippen molar-refractivity contribution in [3.63, 3.8) is 0 Å². The lowest BCUT2D eigenvalue weighted by Gasteiger charge is -2.36. The first kappa shape index (κ1) is 16.0. The van der Waals surface area contributed by atoms with E-state index in [1.165, 1.54) is 0 Å². The summed E-state index contributed by atoms with van der Waals surface area (Å²) in [6.45, 7) is 3.28. The van der Waals surface area contributed by atoms with Crippen LogP contribution in [0.15, 0.2) is 36.5 Å². The van der Waals surface area contributed by atoms with Gasteiger partial charge < -0.3 is 14.7 Å². The van der Waals surface area contributed by atoms with E-state index in [4.69, 9.17) is 0 Å². The molecule has 0 unspecified atom stereocenters. The van der Waals surface area contributed by atoms with Gasteiger partial charge in [0.05, 0.1) is 4.92 Å². The minimum absolute atomic E-state index is 0.117. The van der Waals surface area contributed by atoms with Crippen LogP contribution in [0.5, 0.6) is 0 Å². The SMILES string of the molecule is CN(C)c1ccnc(N2CCN(c3ccc([N+](=O)[O-])cc3)CC2)n1. The zero-order valence-electron chi connectivity index (χ0n) is 13.8. The molecule has 2 heterocycles. The van der Waals surface area contributed by atoms with Crippen LogP contribution >= 0.6 is 0 Å². The lowest BCUT2D eigenvalue weighted by molar-refractivity contribution is -0.384. The van der Waals surface area contributed by atoms with E-state index in [2.05, 4.69) is 19.8 Å². The molecule has 0 aliphatic carbocycles. The van der Waals surface area contributed by atoms with E-state index in [0.717, 1.165) is 43.6 Å². The molecule has 1 aliphatic heterocycles. The van der Waals surface area contributed by atoms with E-state index in [1.54, 1.807) is 30.5 Å². The molecule has 126 valence electrons. The Morgan fingerprint density at radius 1 is 1.04 bits per heavy atom. The second kappa shape index (κ2) is 6.69. The Morgan fingerprint density at radius 3 is 2.25 bits per heavy atom. The normalized spacial score (nSPS) is 14.6. The molecule has 1 saturated heterocycles. The minimum atomic E-state index is -0.378. The molecular weight excluding hydrogens is 308 g/mol. The first-order chi connectivity index (χ1) is 11.5. The molecule has 24 heavy (non-hydrogen) atoms. The molecule has 8 nitrogen and oxygen atoms in total. The van der Waals surface area contributed by atoms with Gasteiger partial charge in [-0.25, -0.2) is 4.98 Å². The molecule has 0 spiro atoms. The smallest absolute Gasteiger partial charge is 0.269 e. The Balaban J connectivity index is 1.65. The zero-order chi connectivity index (χ0) is 17.1. The fourth-order valence-electron chi connectivity index (χ4n) is 2.69. The summed E-state index contributed by atoms with van der Waals surface area (Å²) < 4.78 is 0. The highest BCUT2D eigenvalue weighted by atomic mass is 16.6. The van der Waals surface area contributed by atoms with E-state index in [9.17, 15) is 10.1 Å². The number of nitro groups is 1. The lowest BCUT2D eigenvalue weighted by atomic mass is 10.2. The average Bonchev–Trinajstić information content (AvgIpc) is 2.62. The number of benzene rings is 1. The van der Waals surface area contributed by atoms with Crippen molar-refractivity contribution in [1.82, 2.24) is 9.97 Å². The third kappa shape index (κ3) is 3.37. The average molecular weight is 328 g/mol. The van der Waals surface area contributed by atoms with Crippen molar-refractivity contribution in [3.05, 3.63) is 46.6 Å². The van der Waals surface area contributed by atoms with Gasteiger partial charge in [0.1, 0.15) is 5.82 Å². The number of nitro benzene ring substituents is 1. The minimum Gasteiger partial charge on any atom is -0.368 e. The Bertz CT molecular complexity index is 711. The standard InChI is InChI=1S/C16H20N6O2/c1-19(2)15-7-8-17-16(18-15)21-11-9-20(10-12-21)13-3-5-14(6-4-13)22(23)24/h3-8H,9-12H2,1-2H3. The summed E-state index contributed by atoms with van der Waals surface area (Å²) in [6.07, 6.45) is 1.78. The van der Waals surface area contributed by atoms with Crippen molar-refractivity contribution >= 4 is 23.1 Å². The summed E-state index contributed by atoms with van der Waals surface area (Å²) in [5.41, 5.74) is 1.12. The van der Waals surface area contributed by atoms with Crippen LogP contribution in [0.25, 0.3) is 0 Å². The molecule has 3 rings (SSSR count). The number of nitrogens with zero attached hydrogens (tertiary/aromatic N) is 6. The maximum Gasteiger partial charge on any atom is 0.269 e. The number of hydrogen-bond donors (Lipinski definition) is 0. The number of piperazine rings is 1. The van der Waals surface area contributed by atoms with Gasteiger partial charge in [-0.1, -0.05) is 0 Å². The fraction of sp³-hybridized carbons (Fsp3) is 0.375. The fourth-order valence-corrected chi connectivity index (χ4v) is 2.69. The monoisotopic (exact) mass is 328 g/mol. The quantitative estimate of drug-likeness (QED) is 0.625. The van der Waals surface area contributed by atoms with Crippen LogP contribution in [0.2, 0.25) is 0 Å². The van der Waals surface area contributed by atoms with Gasteiger partial charge in [-0.05, 0) is 18.2 Å². The Kier molecular flexibility index (Phi) is 4.45. The highest BCUT2D eigenvalue weighted by Gasteiger charge is 2.20. The van der Waals surface area contributed by atoms with Gasteiger partial charge in [-0.3, -0.25) is 10.1 Å². The highest BCUT2D eigenvalue weighted by molar-refractivity contribution is 5.52. The second-order valence-corrected chi connectivity index (χ2v) is 5.86. The van der Waals surface area contributed by atoms with Crippen LogP contribution in [-0.2, 0) is 0 Å². The van der Waals surface area contributed by atoms with Crippen LogP contribution in [0.1, 0.15) is 0 Å². The van der Waals surface area contributed by atoms with Crippen molar-refractivity contribution in [3.8, 4) is 0 Å². The molecule has 0 amide bonds. The first-order valence-corrected chi connectivity index (χ1v) is 7.79. The molecule has 0 atom stereocenters. The van der Waals surface area contributed by atoms with Gasteiger partial charge in [-0.2, -0.15) is 4.98 Å². The maximum atomic E-state index is 10.7. The van der Waals surface area contributed by atoms with E-state index < -0.39 is 0 Å². The van der Waals surface area contributed by atoms with E-state index in [0.29, 0.717) is 0 Å². The van der Waals surface area contributed by atoms with Crippen molar-refractivity contribution in [2.45, 2.75) is 0 Å². The topological polar surface area (TPSA) is 78.6 Å². The molecule has 8 heteroatoms. The van der Waals surface area contributed by atoms with E-state index in [1.807, 2.05) is 25.1 Å². The van der Waals surface area contributed by atoms with Crippen molar-refractivity contribution in [2.75, 3.05) is 55.0 Å². The molecule has 0 saturated carbocycles. The van der Waals surface area contributed by atoms with Gasteiger partial charge in [-0.15, -0.1) is 0 Å². The Morgan fingerprint density at radius 2 is 1.67 bits per heavy atom. The zero-order valence-corrected chi connectivity index (χ0v) is 13.8. The third-order valence-electron chi connectivity index (χ3n) is 4.07. The molecule has 1 fully saturated rings. The molecular formula is C16H20N6O2.